The summed E-state index contributed by atoms with van der Waals surface area (Å²) in [5.74, 6) is 0.256. The number of hydrogen-bond donors (Lipinski definition) is 2. The topological polar surface area (TPSA) is 107 Å². The maximum atomic E-state index is 11.8. The van der Waals surface area contributed by atoms with Gasteiger partial charge in [-0.25, -0.2) is 0 Å². The van der Waals surface area contributed by atoms with Crippen LogP contribution in [0.5, 0.6) is 0 Å². The highest BCUT2D eigenvalue weighted by atomic mass is 16.6. The summed E-state index contributed by atoms with van der Waals surface area (Å²) in [6.45, 7) is 5.71. The number of nitrogens with one attached hydrogen (secondary N) is 1. The Kier molecular flexibility index (Phi) is 6.61. The number of nitro benzene ring substituents is 1. The highest BCUT2D eigenvalue weighted by molar-refractivity contribution is 5.95. The number of anilines is 1. The van der Waals surface area contributed by atoms with Gasteiger partial charge in [-0.2, -0.15) is 0 Å². The largest absolute Gasteiger partial charge is 0.393 e. The first-order valence-electron chi connectivity index (χ1n) is 6.81. The lowest BCUT2D eigenvalue weighted by atomic mass is 10.1. The lowest BCUT2D eigenvalue weighted by Gasteiger charge is -2.08. The molecule has 116 valence electrons. The molecule has 3 N–H and O–H groups in total. The first-order valence-corrected chi connectivity index (χ1v) is 6.81. The number of amides is 1. The molecule has 0 saturated heterocycles. The van der Waals surface area contributed by atoms with Crippen molar-refractivity contribution in [1.82, 2.24) is 5.32 Å². The molecule has 1 aromatic rings. The lowest BCUT2D eigenvalue weighted by Crippen LogP contribution is -2.27. The SMILES string of the molecule is CC(C)CCOCCNC(=O)c1ccc([N+](=O)[O-])c(N)c1. The van der Waals surface area contributed by atoms with Crippen LogP contribution < -0.4 is 11.1 Å². The lowest BCUT2D eigenvalue weighted by molar-refractivity contribution is -0.383. The number of carbonyl (C=O) groups is 1. The van der Waals surface area contributed by atoms with Gasteiger partial charge in [0.2, 0.25) is 0 Å². The zero-order valence-corrected chi connectivity index (χ0v) is 12.3. The molecule has 0 heterocycles. The van der Waals surface area contributed by atoms with Gasteiger partial charge in [0, 0.05) is 24.8 Å². The van der Waals surface area contributed by atoms with Crippen LogP contribution >= 0.6 is 0 Å². The molecule has 7 nitrogen and oxygen atoms in total. The van der Waals surface area contributed by atoms with E-state index in [0.717, 1.165) is 6.42 Å². The Morgan fingerprint density at radius 2 is 2.14 bits per heavy atom. The van der Waals surface area contributed by atoms with Crippen molar-refractivity contribution in [1.29, 1.82) is 0 Å². The van der Waals surface area contributed by atoms with E-state index in [1.54, 1.807) is 0 Å². The Bertz CT molecular complexity index is 503. The van der Waals surface area contributed by atoms with Crippen molar-refractivity contribution in [3.63, 3.8) is 0 Å². The van der Waals surface area contributed by atoms with Gasteiger partial charge in [0.25, 0.3) is 11.6 Å². The van der Waals surface area contributed by atoms with E-state index in [9.17, 15) is 14.9 Å². The summed E-state index contributed by atoms with van der Waals surface area (Å²) >= 11 is 0. The van der Waals surface area contributed by atoms with Crippen molar-refractivity contribution in [2.75, 3.05) is 25.5 Å². The summed E-state index contributed by atoms with van der Waals surface area (Å²) in [5, 5.41) is 13.3. The Balaban J connectivity index is 2.39. The minimum atomic E-state index is -0.584. The van der Waals surface area contributed by atoms with E-state index >= 15 is 0 Å². The summed E-state index contributed by atoms with van der Waals surface area (Å²) in [5.41, 5.74) is 5.60. The Morgan fingerprint density at radius 3 is 2.71 bits per heavy atom. The second-order valence-electron chi connectivity index (χ2n) is 5.08. The highest BCUT2D eigenvalue weighted by Crippen LogP contribution is 2.21. The van der Waals surface area contributed by atoms with Crippen molar-refractivity contribution in [3.05, 3.63) is 33.9 Å². The normalized spacial score (nSPS) is 10.6. The van der Waals surface area contributed by atoms with Gasteiger partial charge in [0.1, 0.15) is 5.69 Å². The van der Waals surface area contributed by atoms with Crippen LogP contribution in [0.15, 0.2) is 18.2 Å². The number of hydrogen-bond acceptors (Lipinski definition) is 5. The maximum absolute atomic E-state index is 11.8. The van der Waals surface area contributed by atoms with Crippen LogP contribution in [0, 0.1) is 16.0 Å². The van der Waals surface area contributed by atoms with E-state index < -0.39 is 4.92 Å². The Labute approximate surface area is 123 Å². The van der Waals surface area contributed by atoms with Crippen LogP contribution in [-0.2, 0) is 4.74 Å². The molecule has 1 amide bonds. The average Bonchev–Trinajstić information content (AvgIpc) is 2.41. The van der Waals surface area contributed by atoms with E-state index in [2.05, 4.69) is 19.2 Å². The van der Waals surface area contributed by atoms with Gasteiger partial charge in [0.05, 0.1) is 11.5 Å². The van der Waals surface area contributed by atoms with Crippen LogP contribution in [0.4, 0.5) is 11.4 Å². The predicted molar refractivity (Wildman–Crippen MR) is 80.1 cm³/mol. The van der Waals surface area contributed by atoms with Gasteiger partial charge < -0.3 is 15.8 Å². The van der Waals surface area contributed by atoms with E-state index in [0.29, 0.717) is 31.2 Å². The van der Waals surface area contributed by atoms with E-state index in [1.165, 1.54) is 18.2 Å². The monoisotopic (exact) mass is 295 g/mol. The highest BCUT2D eigenvalue weighted by Gasteiger charge is 2.14. The minimum Gasteiger partial charge on any atom is -0.393 e. The van der Waals surface area contributed by atoms with E-state index in [4.69, 9.17) is 10.5 Å². The summed E-state index contributed by atoms with van der Waals surface area (Å²) in [6, 6.07) is 3.90. The third-order valence-corrected chi connectivity index (χ3v) is 2.86. The minimum absolute atomic E-state index is 0.0270. The zero-order valence-electron chi connectivity index (χ0n) is 12.3. The van der Waals surface area contributed by atoms with E-state index in [-0.39, 0.29) is 17.3 Å². The van der Waals surface area contributed by atoms with Crippen LogP contribution in [0.1, 0.15) is 30.6 Å². The molecule has 1 aromatic carbocycles. The third kappa shape index (κ3) is 5.78. The molecule has 7 heteroatoms. The first kappa shape index (κ1) is 16.9. The molecule has 0 aliphatic heterocycles. The smallest absolute Gasteiger partial charge is 0.292 e. The Hall–Kier alpha value is -2.15. The molecule has 0 radical (unpaired) electrons. The second kappa shape index (κ2) is 8.21. The van der Waals surface area contributed by atoms with E-state index in [1.807, 2.05) is 0 Å². The van der Waals surface area contributed by atoms with Crippen LogP contribution in [0.2, 0.25) is 0 Å². The second-order valence-corrected chi connectivity index (χ2v) is 5.08. The molecule has 1 rings (SSSR count). The average molecular weight is 295 g/mol. The van der Waals surface area contributed by atoms with Gasteiger partial charge in [0.15, 0.2) is 0 Å². The molecule has 0 aliphatic rings. The molecule has 0 bridgehead atoms. The number of nitrogens with zero attached hydrogens (tertiary/aromatic N) is 1. The van der Waals surface area contributed by atoms with Crippen molar-refractivity contribution in [2.24, 2.45) is 5.92 Å². The number of ether oxygens (including phenoxy) is 1. The van der Waals surface area contributed by atoms with Crippen LogP contribution in [-0.4, -0.2) is 30.6 Å². The molecule has 0 spiro atoms. The molecule has 0 aliphatic carbocycles. The van der Waals surface area contributed by atoms with Gasteiger partial charge in [-0.3, -0.25) is 14.9 Å². The number of carbonyl (C=O) groups excluding carboxylic acids is 1. The first-order chi connectivity index (χ1) is 9.91. The summed E-state index contributed by atoms with van der Waals surface area (Å²) < 4.78 is 5.38. The standard InChI is InChI=1S/C14H21N3O4/c1-10(2)5-7-21-8-6-16-14(18)11-3-4-13(17(19)20)12(15)9-11/h3-4,9-10H,5-8,15H2,1-2H3,(H,16,18). The number of nitrogen functional groups attached to an aromatic ring is 1. The van der Waals surface area contributed by atoms with Crippen molar-refractivity contribution in [3.8, 4) is 0 Å². The van der Waals surface area contributed by atoms with Crippen LogP contribution in [0.3, 0.4) is 0 Å². The molecular weight excluding hydrogens is 274 g/mol. The Morgan fingerprint density at radius 1 is 1.43 bits per heavy atom. The summed E-state index contributed by atoms with van der Waals surface area (Å²) in [4.78, 5) is 21.9. The van der Waals surface area contributed by atoms with Crippen molar-refractivity contribution < 1.29 is 14.5 Å². The van der Waals surface area contributed by atoms with Gasteiger partial charge in [-0.1, -0.05) is 13.8 Å². The summed E-state index contributed by atoms with van der Waals surface area (Å²) in [7, 11) is 0. The molecule has 21 heavy (non-hydrogen) atoms. The quantitative estimate of drug-likeness (QED) is 0.330. The molecule has 0 unspecified atom stereocenters. The molecule has 0 aromatic heterocycles. The molecule has 0 fully saturated rings. The number of benzene rings is 1. The fourth-order valence-corrected chi connectivity index (χ4v) is 1.62. The van der Waals surface area contributed by atoms with Gasteiger partial charge in [-0.15, -0.1) is 0 Å². The fourth-order valence-electron chi connectivity index (χ4n) is 1.62. The van der Waals surface area contributed by atoms with Crippen molar-refractivity contribution >= 4 is 17.3 Å². The fraction of sp³-hybridized carbons (Fsp3) is 0.500. The third-order valence-electron chi connectivity index (χ3n) is 2.86. The number of nitro groups is 1. The van der Waals surface area contributed by atoms with Gasteiger partial charge >= 0.3 is 0 Å². The molecule has 0 saturated carbocycles. The van der Waals surface area contributed by atoms with Crippen LogP contribution in [0.25, 0.3) is 0 Å². The molecule has 0 atom stereocenters. The predicted octanol–water partition coefficient (Wildman–Crippen LogP) is 1.97. The number of nitrogens with two attached hydrogens (primary N) is 1. The molecular formula is C14H21N3O4. The maximum Gasteiger partial charge on any atom is 0.292 e. The van der Waals surface area contributed by atoms with Crippen molar-refractivity contribution in [2.45, 2.75) is 20.3 Å². The zero-order chi connectivity index (χ0) is 15.8. The number of rotatable bonds is 8. The van der Waals surface area contributed by atoms with Gasteiger partial charge in [-0.05, 0) is 24.5 Å². The summed E-state index contributed by atoms with van der Waals surface area (Å²) in [6.07, 6.45) is 0.979.